The lowest BCUT2D eigenvalue weighted by molar-refractivity contribution is -0.401. The Morgan fingerprint density at radius 3 is 1.90 bits per heavy atom. The van der Waals surface area contributed by atoms with Gasteiger partial charge in [0.05, 0.1) is 20.8 Å². The Labute approximate surface area is 114 Å². The molecule has 0 saturated carbocycles. The van der Waals surface area contributed by atoms with Crippen molar-refractivity contribution in [3.63, 3.8) is 0 Å². The Morgan fingerprint density at radius 1 is 1.10 bits per heavy atom. The summed E-state index contributed by atoms with van der Waals surface area (Å²) in [6, 6.07) is 0.359. The number of anilines is 2. The molecule has 0 aliphatic heterocycles. The molecule has 0 heterocycles. The fourth-order valence-electron chi connectivity index (χ4n) is 1.53. The molecule has 114 valence electrons. The normalized spacial score (nSPS) is 10.5. The van der Waals surface area contributed by atoms with Crippen molar-refractivity contribution in [2.75, 3.05) is 17.8 Å². The van der Waals surface area contributed by atoms with E-state index < -0.39 is 48.5 Å². The van der Waals surface area contributed by atoms with E-state index in [1.165, 1.54) is 0 Å². The number of nitrogens with zero attached hydrogens (tertiary/aromatic N) is 5. The second-order valence-corrected chi connectivity index (χ2v) is 3.57. The van der Waals surface area contributed by atoms with Gasteiger partial charge in [0.25, 0.3) is 0 Å². The summed E-state index contributed by atoms with van der Waals surface area (Å²) in [7, 11) is 0.771. The summed E-state index contributed by atoms with van der Waals surface area (Å²) in [6.45, 7) is 0. The van der Waals surface area contributed by atoms with Gasteiger partial charge in [0.1, 0.15) is 0 Å². The number of nitro benzene ring substituents is 3. The van der Waals surface area contributed by atoms with Gasteiger partial charge in [-0.05, 0) is 0 Å². The smallest absolute Gasteiger partial charge is 0.330 e. The van der Waals surface area contributed by atoms with Crippen LogP contribution >= 0.6 is 0 Å². The predicted molar refractivity (Wildman–Crippen MR) is 66.2 cm³/mol. The molecule has 3 N–H and O–H groups in total. The SMILES string of the molecule is CN(c1c([N+](=O)[O-])cc([N+](=O)[O-])c(N)c1[N+](=O)[O-])N([O-])O. The fraction of sp³-hybridized carbons (Fsp3) is 0.143. The van der Waals surface area contributed by atoms with Crippen LogP contribution in [-0.4, -0.2) is 32.4 Å². The van der Waals surface area contributed by atoms with Crippen LogP contribution in [0.3, 0.4) is 0 Å². The highest BCUT2D eigenvalue weighted by Crippen LogP contribution is 2.46. The number of hydrogen-bond donors (Lipinski definition) is 2. The highest BCUT2D eigenvalue weighted by atomic mass is 16.8. The number of rotatable bonds is 5. The molecule has 14 heteroatoms. The van der Waals surface area contributed by atoms with Crippen molar-refractivity contribution in [1.82, 2.24) is 5.34 Å². The maximum absolute atomic E-state index is 11.0. The molecule has 0 spiro atoms. The maximum Gasteiger partial charge on any atom is 0.330 e. The summed E-state index contributed by atoms with van der Waals surface area (Å²) in [5.74, 6) is 0. The van der Waals surface area contributed by atoms with Crippen LogP contribution in [0.25, 0.3) is 0 Å². The third-order valence-corrected chi connectivity index (χ3v) is 2.43. The van der Waals surface area contributed by atoms with E-state index in [0.29, 0.717) is 6.07 Å². The summed E-state index contributed by atoms with van der Waals surface area (Å²) in [5.41, 5.74) is -0.173. The van der Waals surface area contributed by atoms with Gasteiger partial charge in [-0.2, -0.15) is 5.34 Å². The molecule has 1 aromatic carbocycles. The maximum atomic E-state index is 11.0. The first-order chi connectivity index (χ1) is 9.59. The number of hydrogen-bond acceptors (Lipinski definition) is 11. The summed E-state index contributed by atoms with van der Waals surface area (Å²) < 4.78 is 0. The lowest BCUT2D eigenvalue weighted by Gasteiger charge is -2.31. The van der Waals surface area contributed by atoms with Gasteiger partial charge in [0.2, 0.25) is 5.69 Å². The van der Waals surface area contributed by atoms with E-state index in [9.17, 15) is 35.6 Å². The second-order valence-electron chi connectivity index (χ2n) is 3.57. The Kier molecular flexibility index (Phi) is 4.17. The van der Waals surface area contributed by atoms with E-state index in [-0.39, 0.29) is 5.01 Å². The summed E-state index contributed by atoms with van der Waals surface area (Å²) >= 11 is 0. The molecule has 0 aliphatic rings. The van der Waals surface area contributed by atoms with Crippen LogP contribution in [-0.2, 0) is 0 Å². The zero-order valence-electron chi connectivity index (χ0n) is 10.2. The molecule has 1 aromatic rings. The Morgan fingerprint density at radius 2 is 1.57 bits per heavy atom. The van der Waals surface area contributed by atoms with Gasteiger partial charge < -0.3 is 16.1 Å². The number of hydrazine groups is 1. The molecular weight excluding hydrogens is 296 g/mol. The molecular formula is C7H7N6O8-. The quantitative estimate of drug-likeness (QED) is 0.435. The molecule has 0 amide bonds. The third kappa shape index (κ3) is 2.76. The van der Waals surface area contributed by atoms with Crippen LogP contribution in [0.2, 0.25) is 0 Å². The molecule has 0 fully saturated rings. The third-order valence-electron chi connectivity index (χ3n) is 2.43. The minimum absolute atomic E-state index is 0.107. The fourth-order valence-corrected chi connectivity index (χ4v) is 1.53. The summed E-state index contributed by atoms with van der Waals surface area (Å²) in [6.07, 6.45) is 0. The van der Waals surface area contributed by atoms with Crippen LogP contribution < -0.4 is 10.7 Å². The molecule has 0 aromatic heterocycles. The van der Waals surface area contributed by atoms with Crippen LogP contribution in [0.4, 0.5) is 28.4 Å². The molecule has 0 saturated heterocycles. The van der Waals surface area contributed by atoms with E-state index >= 15 is 0 Å². The number of nitrogens with two attached hydrogens (primary N) is 1. The van der Waals surface area contributed by atoms with Gasteiger partial charge in [0, 0.05) is 7.05 Å². The van der Waals surface area contributed by atoms with Crippen molar-refractivity contribution >= 4 is 28.4 Å². The van der Waals surface area contributed by atoms with E-state index in [4.69, 9.17) is 10.9 Å². The van der Waals surface area contributed by atoms with Gasteiger partial charge in [0.15, 0.2) is 5.69 Å². The van der Waals surface area contributed by atoms with E-state index in [1.807, 2.05) is 0 Å². The van der Waals surface area contributed by atoms with Crippen LogP contribution in [0.15, 0.2) is 6.07 Å². The van der Waals surface area contributed by atoms with Crippen molar-refractivity contribution in [2.24, 2.45) is 0 Å². The van der Waals surface area contributed by atoms with Crippen molar-refractivity contribution < 1.29 is 20.0 Å². The Hall–Kier alpha value is -3.10. The molecule has 0 aliphatic carbocycles. The van der Waals surface area contributed by atoms with Crippen molar-refractivity contribution in [2.45, 2.75) is 0 Å². The predicted octanol–water partition coefficient (Wildman–Crippen LogP) is 0.534. The van der Waals surface area contributed by atoms with Crippen molar-refractivity contribution in [1.29, 1.82) is 0 Å². The molecule has 1 rings (SSSR count). The number of nitro groups is 3. The molecule has 0 bridgehead atoms. The van der Waals surface area contributed by atoms with Crippen molar-refractivity contribution in [3.8, 4) is 0 Å². The lowest BCUT2D eigenvalue weighted by Crippen LogP contribution is -2.33. The second kappa shape index (κ2) is 5.49. The van der Waals surface area contributed by atoms with Gasteiger partial charge in [-0.25, -0.2) is 0 Å². The first-order valence-corrected chi connectivity index (χ1v) is 4.89. The highest BCUT2D eigenvalue weighted by molar-refractivity contribution is 5.88. The standard InChI is InChI=1S/C7H7N6O8/c1-9(13(20)21)6-4(11(16)17)2-3(10(14)15)5(8)7(6)12(18)19/h2,20H,8H2,1H3/q-1. The Bertz CT molecular complexity index is 630. The molecule has 0 atom stereocenters. The van der Waals surface area contributed by atoms with Gasteiger partial charge in [-0.3, -0.25) is 35.4 Å². The Balaban J connectivity index is 3.90. The average Bonchev–Trinajstić information content (AvgIpc) is 2.35. The van der Waals surface area contributed by atoms with Gasteiger partial charge >= 0.3 is 17.1 Å². The first-order valence-electron chi connectivity index (χ1n) is 4.89. The highest BCUT2D eigenvalue weighted by Gasteiger charge is 2.37. The first kappa shape index (κ1) is 16.0. The zero-order chi connectivity index (χ0) is 16.5. The van der Waals surface area contributed by atoms with Crippen LogP contribution in [0.1, 0.15) is 0 Å². The summed E-state index contributed by atoms with van der Waals surface area (Å²) in [4.78, 5) is 29.0. The number of nitrogen functional groups attached to an aromatic ring is 1. The molecule has 0 unspecified atom stereocenters. The van der Waals surface area contributed by atoms with Crippen molar-refractivity contribution in [3.05, 3.63) is 41.6 Å². The molecule has 0 radical (unpaired) electrons. The minimum atomic E-state index is -1.24. The average molecular weight is 303 g/mol. The molecule has 21 heavy (non-hydrogen) atoms. The topological polar surface area (TPSA) is 205 Å². The lowest BCUT2D eigenvalue weighted by atomic mass is 10.1. The molecule has 14 nitrogen and oxygen atoms in total. The van der Waals surface area contributed by atoms with Crippen LogP contribution in [0.5, 0.6) is 0 Å². The zero-order valence-corrected chi connectivity index (χ0v) is 10.2. The monoisotopic (exact) mass is 303 g/mol. The van der Waals surface area contributed by atoms with Gasteiger partial charge in [-0.15, -0.1) is 0 Å². The van der Waals surface area contributed by atoms with E-state index in [1.54, 1.807) is 0 Å². The number of benzene rings is 1. The van der Waals surface area contributed by atoms with E-state index in [2.05, 4.69) is 0 Å². The summed E-state index contributed by atoms with van der Waals surface area (Å²) in [5, 5.41) is 51.3. The van der Waals surface area contributed by atoms with Gasteiger partial charge in [-0.1, -0.05) is 0 Å². The minimum Gasteiger partial charge on any atom is -0.743 e. The van der Waals surface area contributed by atoms with E-state index in [0.717, 1.165) is 7.05 Å². The largest absolute Gasteiger partial charge is 0.743 e. The van der Waals surface area contributed by atoms with Crippen LogP contribution in [0, 0.1) is 35.6 Å².